The topological polar surface area (TPSA) is 128 Å². The number of carbonyl (C=O) groups is 2. The van der Waals surface area contributed by atoms with Crippen molar-refractivity contribution < 1.29 is 14.0 Å². The van der Waals surface area contributed by atoms with E-state index in [4.69, 9.17) is 9.68 Å². The smallest absolute Gasteiger partial charge is 0.287 e. The summed E-state index contributed by atoms with van der Waals surface area (Å²) in [6.45, 7) is 2.59. The number of benzene rings is 3. The van der Waals surface area contributed by atoms with Gasteiger partial charge in [0, 0.05) is 48.6 Å². The average Bonchev–Trinajstić information content (AvgIpc) is 3.69. The summed E-state index contributed by atoms with van der Waals surface area (Å²) in [4.78, 5) is 32.4. The minimum atomic E-state index is -0.226. The predicted molar refractivity (Wildman–Crippen MR) is 153 cm³/mol. The molecule has 0 spiro atoms. The molecule has 0 aliphatic carbocycles. The molecule has 1 fully saturated rings. The van der Waals surface area contributed by atoms with Crippen LogP contribution in [-0.4, -0.2) is 50.9 Å². The molecule has 3 heterocycles. The molecule has 0 bridgehead atoms. The summed E-state index contributed by atoms with van der Waals surface area (Å²) in [5.41, 5.74) is 4.78. The van der Waals surface area contributed by atoms with Crippen molar-refractivity contribution in [3.63, 3.8) is 0 Å². The second-order valence-corrected chi connectivity index (χ2v) is 10.3. The largest absolute Gasteiger partial charge is 0.451 e. The molecule has 1 saturated heterocycles. The zero-order valence-corrected chi connectivity index (χ0v) is 22.3. The summed E-state index contributed by atoms with van der Waals surface area (Å²) in [5.74, 6) is 0.697. The van der Waals surface area contributed by atoms with Gasteiger partial charge in [-0.1, -0.05) is 42.5 Å². The number of H-pyrrole nitrogens is 1. The number of hydrogen-bond donors (Lipinski definition) is 2. The number of nitriles is 1. The van der Waals surface area contributed by atoms with Crippen molar-refractivity contribution in [2.45, 2.75) is 31.8 Å². The number of hydrogen-bond acceptors (Lipinski definition) is 7. The highest BCUT2D eigenvalue weighted by atomic mass is 16.3. The Kier molecular flexibility index (Phi) is 7.39. The fraction of sp³-hybridized carbons (Fsp3) is 0.219. The quantitative estimate of drug-likeness (QED) is 0.266. The Hall–Kier alpha value is -5.07. The van der Waals surface area contributed by atoms with Gasteiger partial charge >= 0.3 is 0 Å². The summed E-state index contributed by atoms with van der Waals surface area (Å²) >= 11 is 0. The second kappa shape index (κ2) is 11.6. The van der Waals surface area contributed by atoms with Crippen molar-refractivity contribution in [1.29, 1.82) is 5.26 Å². The van der Waals surface area contributed by atoms with Gasteiger partial charge in [-0.3, -0.25) is 19.6 Å². The molecule has 2 aromatic heterocycles. The highest BCUT2D eigenvalue weighted by Crippen LogP contribution is 2.23. The van der Waals surface area contributed by atoms with E-state index in [0.717, 1.165) is 49.0 Å². The predicted octanol–water partition coefficient (Wildman–Crippen LogP) is 4.91. The van der Waals surface area contributed by atoms with Crippen LogP contribution in [0.5, 0.6) is 0 Å². The number of amides is 1. The molecule has 3 aromatic carbocycles. The molecule has 9 nitrogen and oxygen atoms in total. The summed E-state index contributed by atoms with van der Waals surface area (Å²) in [6.07, 6.45) is 3.40. The molecular formula is C32H28N6O3. The third-order valence-corrected chi connectivity index (χ3v) is 7.48. The lowest BCUT2D eigenvalue weighted by Crippen LogP contribution is -2.44. The monoisotopic (exact) mass is 544 g/mol. The summed E-state index contributed by atoms with van der Waals surface area (Å²) in [6, 6.07) is 24.5. The number of fused-ring (bicyclic) bond motifs is 1. The van der Waals surface area contributed by atoms with Crippen molar-refractivity contribution >= 4 is 22.7 Å². The first kappa shape index (κ1) is 26.2. The molecule has 41 heavy (non-hydrogen) atoms. The molecule has 9 heteroatoms. The Balaban J connectivity index is 1.03. The van der Waals surface area contributed by atoms with Gasteiger partial charge in [-0.2, -0.15) is 10.4 Å². The van der Waals surface area contributed by atoms with E-state index >= 15 is 0 Å². The van der Waals surface area contributed by atoms with E-state index in [-0.39, 0.29) is 29.9 Å². The van der Waals surface area contributed by atoms with Gasteiger partial charge in [-0.25, -0.2) is 4.98 Å². The van der Waals surface area contributed by atoms with Gasteiger partial charge in [0.2, 0.25) is 0 Å². The molecule has 1 aliphatic heterocycles. The fourth-order valence-electron chi connectivity index (χ4n) is 5.20. The average molecular weight is 545 g/mol. The standard InChI is InChI=1S/C32H28N6O3/c33-18-21-1-3-22(4-2-21)19-38-13-11-27(12-14-38)36-32(40)30-17-26-15-23(5-10-29(26)41-30)16-28(39)24-6-8-25(9-7-24)31-34-20-35-37-31/h1-10,15,17,20,27H,11-14,16,19H2,(H,36,40)(H,34,35,37). The summed E-state index contributed by atoms with van der Waals surface area (Å²) < 4.78 is 5.84. The Morgan fingerprint density at radius 1 is 1.00 bits per heavy atom. The first-order chi connectivity index (χ1) is 20.0. The molecule has 6 rings (SSSR count). The van der Waals surface area contributed by atoms with Crippen molar-refractivity contribution in [3.05, 3.63) is 107 Å². The van der Waals surface area contributed by atoms with Crippen molar-refractivity contribution in [1.82, 2.24) is 25.4 Å². The van der Waals surface area contributed by atoms with Gasteiger partial charge in [-0.15, -0.1) is 0 Å². The molecule has 0 radical (unpaired) electrons. The van der Waals surface area contributed by atoms with E-state index < -0.39 is 0 Å². The lowest BCUT2D eigenvalue weighted by Gasteiger charge is -2.32. The first-order valence-electron chi connectivity index (χ1n) is 13.6. The van der Waals surface area contributed by atoms with E-state index in [1.807, 2.05) is 54.6 Å². The molecule has 0 atom stereocenters. The number of nitrogens with zero attached hydrogens (tertiary/aromatic N) is 4. The van der Waals surface area contributed by atoms with Crippen LogP contribution < -0.4 is 5.32 Å². The number of aromatic amines is 1. The van der Waals surface area contributed by atoms with Gasteiger partial charge in [0.05, 0.1) is 11.6 Å². The van der Waals surface area contributed by atoms with Crippen LogP contribution in [0.1, 0.15) is 50.4 Å². The van der Waals surface area contributed by atoms with Crippen LogP contribution in [0.15, 0.2) is 83.5 Å². The second-order valence-electron chi connectivity index (χ2n) is 10.3. The van der Waals surface area contributed by atoms with Crippen molar-refractivity contribution in [2.75, 3.05) is 13.1 Å². The highest BCUT2D eigenvalue weighted by molar-refractivity contribution is 5.99. The molecule has 0 saturated carbocycles. The zero-order valence-electron chi connectivity index (χ0n) is 22.3. The Bertz CT molecular complexity index is 1710. The molecule has 204 valence electrons. The molecule has 0 unspecified atom stereocenters. The van der Waals surface area contributed by atoms with E-state index in [0.29, 0.717) is 22.5 Å². The van der Waals surface area contributed by atoms with E-state index in [2.05, 4.69) is 31.5 Å². The number of rotatable bonds is 8. The maximum Gasteiger partial charge on any atom is 0.287 e. The van der Waals surface area contributed by atoms with E-state index in [1.165, 1.54) is 11.9 Å². The van der Waals surface area contributed by atoms with Crippen LogP contribution >= 0.6 is 0 Å². The highest BCUT2D eigenvalue weighted by Gasteiger charge is 2.23. The number of likely N-dealkylation sites (tertiary alicyclic amines) is 1. The minimum Gasteiger partial charge on any atom is -0.451 e. The third-order valence-electron chi connectivity index (χ3n) is 7.48. The normalized spacial score (nSPS) is 14.1. The Morgan fingerprint density at radius 2 is 1.76 bits per heavy atom. The van der Waals surface area contributed by atoms with Gasteiger partial charge in [-0.05, 0) is 54.3 Å². The van der Waals surface area contributed by atoms with Crippen LogP contribution in [0.25, 0.3) is 22.4 Å². The number of furan rings is 1. The molecule has 1 aliphatic rings. The number of nitrogens with one attached hydrogen (secondary N) is 2. The number of aromatic nitrogens is 3. The van der Waals surface area contributed by atoms with Gasteiger partial charge in [0.15, 0.2) is 17.4 Å². The van der Waals surface area contributed by atoms with Crippen LogP contribution in [0.4, 0.5) is 0 Å². The molecule has 2 N–H and O–H groups in total. The first-order valence-corrected chi connectivity index (χ1v) is 13.6. The van der Waals surface area contributed by atoms with Crippen LogP contribution in [-0.2, 0) is 13.0 Å². The third kappa shape index (κ3) is 6.08. The number of carbonyl (C=O) groups excluding carboxylic acids is 2. The number of piperidine rings is 1. The van der Waals surface area contributed by atoms with E-state index in [9.17, 15) is 9.59 Å². The fourth-order valence-corrected chi connectivity index (χ4v) is 5.20. The van der Waals surface area contributed by atoms with Crippen LogP contribution in [0.2, 0.25) is 0 Å². The molecule has 1 amide bonds. The van der Waals surface area contributed by atoms with Gasteiger partial charge in [0.25, 0.3) is 5.91 Å². The van der Waals surface area contributed by atoms with Crippen LogP contribution in [0.3, 0.4) is 0 Å². The SMILES string of the molecule is N#Cc1ccc(CN2CCC(NC(=O)c3cc4cc(CC(=O)c5ccc(-c6ncn[nH]6)cc5)ccc4o3)CC2)cc1. The van der Waals surface area contributed by atoms with Gasteiger partial charge < -0.3 is 9.73 Å². The van der Waals surface area contributed by atoms with Crippen LogP contribution in [0, 0.1) is 11.3 Å². The lowest BCUT2D eigenvalue weighted by atomic mass is 10.0. The lowest BCUT2D eigenvalue weighted by molar-refractivity contribution is 0.0882. The number of ketones is 1. The zero-order chi connectivity index (χ0) is 28.2. The Morgan fingerprint density at radius 3 is 2.46 bits per heavy atom. The van der Waals surface area contributed by atoms with E-state index in [1.54, 1.807) is 18.2 Å². The van der Waals surface area contributed by atoms with Crippen molar-refractivity contribution in [2.24, 2.45) is 0 Å². The summed E-state index contributed by atoms with van der Waals surface area (Å²) in [7, 11) is 0. The number of Topliss-reactive ketones (excluding diaryl/α,β-unsaturated/α-hetero) is 1. The Labute approximate surface area is 236 Å². The minimum absolute atomic E-state index is 0.000422. The molecule has 5 aromatic rings. The summed E-state index contributed by atoms with van der Waals surface area (Å²) in [5, 5.41) is 19.5. The maximum absolute atomic E-state index is 13.0. The van der Waals surface area contributed by atoms with Gasteiger partial charge in [0.1, 0.15) is 11.9 Å². The maximum atomic E-state index is 13.0. The molecular weight excluding hydrogens is 516 g/mol. The van der Waals surface area contributed by atoms with Crippen molar-refractivity contribution in [3.8, 4) is 17.5 Å².